The van der Waals surface area contributed by atoms with Crippen LogP contribution in [0.3, 0.4) is 0 Å². The van der Waals surface area contributed by atoms with Gasteiger partial charge in [-0.05, 0) is 18.2 Å². The summed E-state index contributed by atoms with van der Waals surface area (Å²) in [5, 5.41) is 3.07. The molecule has 0 aliphatic carbocycles. The number of amides is 1. The maximum atomic E-state index is 13.4. The van der Waals surface area contributed by atoms with Crippen LogP contribution in [0.25, 0.3) is 10.9 Å². The number of rotatable bonds is 3. The molecule has 1 aromatic carbocycles. The number of terminal acetylenes is 1. The number of carbonyl (C=O) groups excluding carboxylic acids is 1. The molecule has 1 aromatic heterocycles. The summed E-state index contributed by atoms with van der Waals surface area (Å²) in [6.07, 6.45) is 6.72. The van der Waals surface area contributed by atoms with Crippen LogP contribution in [-0.2, 0) is 11.3 Å². The first-order chi connectivity index (χ1) is 8.22. The van der Waals surface area contributed by atoms with Gasteiger partial charge in [-0.25, -0.2) is 4.39 Å². The van der Waals surface area contributed by atoms with Crippen LogP contribution < -0.4 is 5.32 Å². The minimum atomic E-state index is -0.287. The average molecular weight is 230 g/mol. The van der Waals surface area contributed by atoms with Crippen LogP contribution in [0.4, 0.5) is 4.39 Å². The average Bonchev–Trinajstić information content (AvgIpc) is 2.71. The number of benzene rings is 1. The number of hydrogen-bond acceptors (Lipinski definition) is 1. The van der Waals surface area contributed by atoms with Crippen molar-refractivity contribution in [3.63, 3.8) is 0 Å². The van der Waals surface area contributed by atoms with Gasteiger partial charge in [0.05, 0.1) is 12.1 Å². The van der Waals surface area contributed by atoms with Crippen molar-refractivity contribution in [1.82, 2.24) is 9.88 Å². The Hall–Kier alpha value is -2.28. The van der Waals surface area contributed by atoms with E-state index in [1.54, 1.807) is 29.0 Å². The summed E-state index contributed by atoms with van der Waals surface area (Å²) < 4.78 is 15.1. The van der Waals surface area contributed by atoms with Crippen molar-refractivity contribution < 1.29 is 9.18 Å². The minimum absolute atomic E-state index is 0.134. The molecule has 3 nitrogen and oxygen atoms in total. The number of aromatic nitrogens is 1. The lowest BCUT2D eigenvalue weighted by molar-refractivity contribution is -0.121. The molecule has 17 heavy (non-hydrogen) atoms. The van der Waals surface area contributed by atoms with E-state index < -0.39 is 0 Å². The number of nitrogens with one attached hydrogen (secondary N) is 1. The molecule has 0 fully saturated rings. The van der Waals surface area contributed by atoms with E-state index in [0.717, 1.165) is 0 Å². The number of halogens is 1. The summed E-state index contributed by atoms with van der Waals surface area (Å²) >= 11 is 0. The molecule has 1 amide bonds. The third kappa shape index (κ3) is 2.28. The zero-order valence-electron chi connectivity index (χ0n) is 9.11. The molecule has 1 N–H and O–H groups in total. The van der Waals surface area contributed by atoms with Gasteiger partial charge in [-0.15, -0.1) is 6.42 Å². The Morgan fingerprint density at radius 1 is 1.47 bits per heavy atom. The van der Waals surface area contributed by atoms with E-state index in [1.165, 1.54) is 6.07 Å². The molecule has 4 heteroatoms. The topological polar surface area (TPSA) is 34.0 Å². The number of fused-ring (bicyclic) bond motifs is 1. The smallest absolute Gasteiger partial charge is 0.240 e. The van der Waals surface area contributed by atoms with Crippen LogP contribution in [0.1, 0.15) is 0 Å². The van der Waals surface area contributed by atoms with Crippen LogP contribution in [-0.4, -0.2) is 17.0 Å². The highest BCUT2D eigenvalue weighted by Gasteiger charge is 2.07. The van der Waals surface area contributed by atoms with Gasteiger partial charge in [0.1, 0.15) is 12.4 Å². The fourth-order valence-electron chi connectivity index (χ4n) is 1.68. The fourth-order valence-corrected chi connectivity index (χ4v) is 1.68. The van der Waals surface area contributed by atoms with E-state index in [9.17, 15) is 9.18 Å². The quantitative estimate of drug-likeness (QED) is 0.797. The van der Waals surface area contributed by atoms with E-state index in [2.05, 4.69) is 11.2 Å². The van der Waals surface area contributed by atoms with Gasteiger partial charge in [-0.3, -0.25) is 4.79 Å². The Kier molecular flexibility index (Phi) is 3.10. The fraction of sp³-hybridized carbons (Fsp3) is 0.154. The normalized spacial score (nSPS) is 10.1. The van der Waals surface area contributed by atoms with Crippen molar-refractivity contribution in [2.45, 2.75) is 6.54 Å². The highest BCUT2D eigenvalue weighted by Crippen LogP contribution is 2.18. The van der Waals surface area contributed by atoms with Crippen LogP contribution in [0.2, 0.25) is 0 Å². The Bertz CT molecular complexity index is 595. The van der Waals surface area contributed by atoms with E-state index in [4.69, 9.17) is 6.42 Å². The molecule has 0 bridgehead atoms. The lowest BCUT2D eigenvalue weighted by Gasteiger charge is -2.05. The van der Waals surface area contributed by atoms with Crippen molar-refractivity contribution in [3.8, 4) is 12.3 Å². The molecule has 86 valence electrons. The number of hydrogen-bond donors (Lipinski definition) is 1. The van der Waals surface area contributed by atoms with Crippen LogP contribution >= 0.6 is 0 Å². The Morgan fingerprint density at radius 3 is 3.06 bits per heavy atom. The molecule has 1 heterocycles. The molecule has 0 aliphatic rings. The molecule has 2 rings (SSSR count). The molecular weight excluding hydrogens is 219 g/mol. The summed E-state index contributed by atoms with van der Waals surface area (Å²) in [7, 11) is 0. The molecular formula is C13H11FN2O. The largest absolute Gasteiger partial charge is 0.344 e. The highest BCUT2D eigenvalue weighted by atomic mass is 19.1. The first-order valence-electron chi connectivity index (χ1n) is 5.16. The van der Waals surface area contributed by atoms with Crippen LogP contribution in [0.5, 0.6) is 0 Å². The van der Waals surface area contributed by atoms with E-state index >= 15 is 0 Å². The lowest BCUT2D eigenvalue weighted by Crippen LogP contribution is -2.27. The second kappa shape index (κ2) is 4.71. The summed E-state index contributed by atoms with van der Waals surface area (Å²) in [5.74, 6) is 1.85. The second-order valence-corrected chi connectivity index (χ2v) is 3.60. The zero-order chi connectivity index (χ0) is 12.3. The zero-order valence-corrected chi connectivity index (χ0v) is 9.11. The Balaban J connectivity index is 2.23. The Labute approximate surface area is 98.2 Å². The van der Waals surface area contributed by atoms with Gasteiger partial charge >= 0.3 is 0 Å². The molecule has 0 spiro atoms. The Morgan fingerprint density at radius 2 is 2.29 bits per heavy atom. The molecule has 0 unspecified atom stereocenters. The van der Waals surface area contributed by atoms with Gasteiger partial charge in [0, 0.05) is 11.6 Å². The monoisotopic (exact) mass is 230 g/mol. The van der Waals surface area contributed by atoms with Gasteiger partial charge in [-0.2, -0.15) is 0 Å². The number of carbonyl (C=O) groups is 1. The summed E-state index contributed by atoms with van der Waals surface area (Å²) in [4.78, 5) is 11.5. The first-order valence-corrected chi connectivity index (χ1v) is 5.16. The highest BCUT2D eigenvalue weighted by molar-refractivity contribution is 5.83. The maximum absolute atomic E-state index is 13.4. The van der Waals surface area contributed by atoms with Crippen molar-refractivity contribution >= 4 is 16.8 Å². The second-order valence-electron chi connectivity index (χ2n) is 3.60. The molecule has 0 saturated heterocycles. The van der Waals surface area contributed by atoms with Gasteiger partial charge in [-0.1, -0.05) is 12.0 Å². The maximum Gasteiger partial charge on any atom is 0.240 e. The van der Waals surface area contributed by atoms with E-state index in [1.807, 2.05) is 0 Å². The molecule has 0 atom stereocenters. The van der Waals surface area contributed by atoms with Crippen molar-refractivity contribution in [1.29, 1.82) is 0 Å². The predicted molar refractivity (Wildman–Crippen MR) is 63.7 cm³/mol. The molecule has 0 saturated carbocycles. The predicted octanol–water partition coefficient (Wildman–Crippen LogP) is 1.53. The molecule has 0 aliphatic heterocycles. The molecule has 0 radical (unpaired) electrons. The van der Waals surface area contributed by atoms with Crippen LogP contribution in [0.15, 0.2) is 30.5 Å². The van der Waals surface area contributed by atoms with Crippen LogP contribution in [0, 0.1) is 18.2 Å². The number of nitrogens with zero attached hydrogens (tertiary/aromatic N) is 1. The van der Waals surface area contributed by atoms with Crippen molar-refractivity contribution in [3.05, 3.63) is 36.3 Å². The van der Waals surface area contributed by atoms with Gasteiger partial charge in [0.25, 0.3) is 0 Å². The summed E-state index contributed by atoms with van der Waals surface area (Å²) in [5.41, 5.74) is 0.695. The summed E-state index contributed by atoms with van der Waals surface area (Å²) in [6.45, 7) is 0.334. The van der Waals surface area contributed by atoms with Gasteiger partial charge in [0.2, 0.25) is 5.91 Å². The van der Waals surface area contributed by atoms with Crippen molar-refractivity contribution in [2.24, 2.45) is 0 Å². The standard InChI is InChI=1S/C13H11FN2O/c1-2-7-15-13(17)9-16-8-6-10-11(14)4-3-5-12(10)16/h1,3-6,8H,7,9H2,(H,15,17). The summed E-state index contributed by atoms with van der Waals surface area (Å²) in [6, 6.07) is 6.44. The van der Waals surface area contributed by atoms with Gasteiger partial charge in [0.15, 0.2) is 0 Å². The van der Waals surface area contributed by atoms with E-state index in [-0.39, 0.29) is 24.8 Å². The minimum Gasteiger partial charge on any atom is -0.344 e. The SMILES string of the molecule is C#CCNC(=O)Cn1ccc2c(F)cccc21. The third-order valence-electron chi connectivity index (χ3n) is 2.46. The third-order valence-corrected chi connectivity index (χ3v) is 2.46. The van der Waals surface area contributed by atoms with Crippen molar-refractivity contribution in [2.75, 3.05) is 6.54 Å². The van der Waals surface area contributed by atoms with E-state index in [0.29, 0.717) is 10.9 Å². The lowest BCUT2D eigenvalue weighted by atomic mass is 10.2. The molecule has 2 aromatic rings. The first kappa shape index (κ1) is 11.2. The van der Waals surface area contributed by atoms with Gasteiger partial charge < -0.3 is 9.88 Å².